The van der Waals surface area contributed by atoms with Crippen molar-refractivity contribution in [1.29, 1.82) is 0 Å². The van der Waals surface area contributed by atoms with Crippen molar-refractivity contribution in [2.45, 2.75) is 38.8 Å². The number of rotatable bonds is 4. The van der Waals surface area contributed by atoms with E-state index < -0.39 is 18.0 Å². The van der Waals surface area contributed by atoms with Gasteiger partial charge in [0.25, 0.3) is 0 Å². The molecule has 3 atom stereocenters. The van der Waals surface area contributed by atoms with Gasteiger partial charge in [-0.15, -0.1) is 0 Å². The van der Waals surface area contributed by atoms with Crippen molar-refractivity contribution < 1.29 is 15.0 Å². The molecule has 1 aliphatic rings. The fourth-order valence-corrected chi connectivity index (χ4v) is 2.93. The van der Waals surface area contributed by atoms with Crippen LogP contribution in [0, 0.1) is 19.8 Å². The lowest BCUT2D eigenvalue weighted by atomic mass is 10.1. The minimum absolute atomic E-state index is 0.253. The van der Waals surface area contributed by atoms with Crippen LogP contribution in [0.4, 0.5) is 5.82 Å². The van der Waals surface area contributed by atoms with E-state index in [1.54, 1.807) is 6.20 Å². The highest BCUT2D eigenvalue weighted by molar-refractivity contribution is 5.71. The first kappa shape index (κ1) is 16.3. The summed E-state index contributed by atoms with van der Waals surface area (Å²) in [4.78, 5) is 24.4. The fraction of sp³-hybridized carbons (Fsp3) is 0.412. The first-order valence-electron chi connectivity index (χ1n) is 7.89. The van der Waals surface area contributed by atoms with E-state index in [2.05, 4.69) is 20.3 Å². The molecule has 0 spiro atoms. The molecule has 2 heterocycles. The quantitative estimate of drug-likeness (QED) is 0.785. The summed E-state index contributed by atoms with van der Waals surface area (Å²) in [6, 6.07) is 5.19. The SMILES string of the molecule is Cc1nc(-c2ccccn2)nc(NC2CC(C(=O)O)CC2O)c1C. The van der Waals surface area contributed by atoms with Gasteiger partial charge in [-0.05, 0) is 38.8 Å². The summed E-state index contributed by atoms with van der Waals surface area (Å²) in [6.45, 7) is 3.79. The van der Waals surface area contributed by atoms with Gasteiger partial charge < -0.3 is 15.5 Å². The van der Waals surface area contributed by atoms with Crippen LogP contribution >= 0.6 is 0 Å². The van der Waals surface area contributed by atoms with E-state index in [0.29, 0.717) is 23.8 Å². The van der Waals surface area contributed by atoms with Crippen LogP contribution in [0.15, 0.2) is 24.4 Å². The number of pyridine rings is 1. The highest BCUT2D eigenvalue weighted by Crippen LogP contribution is 2.30. The molecule has 7 nitrogen and oxygen atoms in total. The lowest BCUT2D eigenvalue weighted by Crippen LogP contribution is -2.29. The maximum Gasteiger partial charge on any atom is 0.306 e. The van der Waals surface area contributed by atoms with Gasteiger partial charge in [0.15, 0.2) is 5.82 Å². The van der Waals surface area contributed by atoms with Crippen molar-refractivity contribution in [3.8, 4) is 11.5 Å². The molecule has 0 bridgehead atoms. The molecule has 126 valence electrons. The number of carboxylic acids is 1. The Hall–Kier alpha value is -2.54. The third-order valence-corrected chi connectivity index (χ3v) is 4.48. The Balaban J connectivity index is 1.88. The molecule has 1 aliphatic carbocycles. The van der Waals surface area contributed by atoms with Crippen molar-refractivity contribution in [3.05, 3.63) is 35.7 Å². The lowest BCUT2D eigenvalue weighted by Gasteiger charge is -2.19. The average molecular weight is 328 g/mol. The first-order valence-corrected chi connectivity index (χ1v) is 7.89. The maximum atomic E-state index is 11.1. The van der Waals surface area contributed by atoms with Gasteiger partial charge in [-0.3, -0.25) is 9.78 Å². The van der Waals surface area contributed by atoms with Crippen LogP contribution in [0.3, 0.4) is 0 Å². The van der Waals surface area contributed by atoms with E-state index in [1.807, 2.05) is 32.0 Å². The molecular formula is C17H20N4O3. The average Bonchev–Trinajstić information content (AvgIpc) is 2.93. The zero-order valence-electron chi connectivity index (χ0n) is 13.6. The minimum atomic E-state index is -0.872. The monoisotopic (exact) mass is 328 g/mol. The summed E-state index contributed by atoms with van der Waals surface area (Å²) >= 11 is 0. The summed E-state index contributed by atoms with van der Waals surface area (Å²) in [5.74, 6) is -0.291. The molecule has 0 aromatic carbocycles. The Labute approximate surface area is 139 Å². The highest BCUT2D eigenvalue weighted by Gasteiger charge is 2.37. The molecule has 1 saturated carbocycles. The number of hydrogen-bond donors (Lipinski definition) is 3. The second kappa shape index (κ2) is 6.52. The second-order valence-electron chi connectivity index (χ2n) is 6.15. The Morgan fingerprint density at radius 1 is 1.25 bits per heavy atom. The smallest absolute Gasteiger partial charge is 0.306 e. The topological polar surface area (TPSA) is 108 Å². The van der Waals surface area contributed by atoms with Crippen molar-refractivity contribution in [3.63, 3.8) is 0 Å². The molecule has 7 heteroatoms. The molecule has 3 unspecified atom stereocenters. The van der Waals surface area contributed by atoms with Crippen molar-refractivity contribution in [2.75, 3.05) is 5.32 Å². The predicted octanol–water partition coefficient (Wildman–Crippen LogP) is 1.79. The first-order chi connectivity index (χ1) is 11.5. The number of aryl methyl sites for hydroxylation is 1. The van der Waals surface area contributed by atoms with Gasteiger partial charge in [-0.1, -0.05) is 6.07 Å². The Morgan fingerprint density at radius 2 is 2.04 bits per heavy atom. The maximum absolute atomic E-state index is 11.1. The zero-order chi connectivity index (χ0) is 17.3. The Kier molecular flexibility index (Phi) is 4.44. The minimum Gasteiger partial charge on any atom is -0.481 e. The molecule has 2 aromatic heterocycles. The summed E-state index contributed by atoms with van der Waals surface area (Å²) in [7, 11) is 0. The molecule has 24 heavy (non-hydrogen) atoms. The van der Waals surface area contributed by atoms with Crippen LogP contribution in [-0.4, -0.2) is 43.3 Å². The molecule has 3 N–H and O–H groups in total. The number of aliphatic hydroxyl groups is 1. The van der Waals surface area contributed by atoms with Crippen molar-refractivity contribution >= 4 is 11.8 Å². The van der Waals surface area contributed by atoms with Crippen LogP contribution in [0.25, 0.3) is 11.5 Å². The largest absolute Gasteiger partial charge is 0.481 e. The standard InChI is InChI=1S/C17H20N4O3/c1-9-10(2)19-16(12-5-3-4-6-18-12)21-15(9)20-13-7-11(17(23)24)8-14(13)22/h3-6,11,13-14,22H,7-8H2,1-2H3,(H,23,24)(H,19,20,21). The van der Waals surface area contributed by atoms with Gasteiger partial charge in [-0.25, -0.2) is 9.97 Å². The van der Waals surface area contributed by atoms with Crippen molar-refractivity contribution in [2.24, 2.45) is 5.92 Å². The Morgan fingerprint density at radius 3 is 2.67 bits per heavy atom. The summed E-state index contributed by atoms with van der Waals surface area (Å²) in [6.07, 6.45) is 1.60. The van der Waals surface area contributed by atoms with Gasteiger partial charge in [-0.2, -0.15) is 0 Å². The molecule has 3 rings (SSSR count). The number of anilines is 1. The van der Waals surface area contributed by atoms with Gasteiger partial charge >= 0.3 is 5.97 Å². The number of nitrogens with zero attached hydrogens (tertiary/aromatic N) is 3. The molecule has 0 saturated heterocycles. The van der Waals surface area contributed by atoms with E-state index in [1.165, 1.54) is 0 Å². The van der Waals surface area contributed by atoms with E-state index in [9.17, 15) is 9.90 Å². The van der Waals surface area contributed by atoms with Crippen LogP contribution in [0.1, 0.15) is 24.1 Å². The second-order valence-corrected chi connectivity index (χ2v) is 6.15. The van der Waals surface area contributed by atoms with E-state index in [0.717, 1.165) is 11.3 Å². The molecule has 0 radical (unpaired) electrons. The highest BCUT2D eigenvalue weighted by atomic mass is 16.4. The Bertz CT molecular complexity index is 751. The number of aromatic nitrogens is 3. The van der Waals surface area contributed by atoms with Crippen LogP contribution < -0.4 is 5.32 Å². The number of hydrogen-bond acceptors (Lipinski definition) is 6. The summed E-state index contributed by atoms with van der Waals surface area (Å²) in [5, 5.41) is 22.5. The van der Waals surface area contributed by atoms with E-state index >= 15 is 0 Å². The number of nitrogens with one attached hydrogen (secondary N) is 1. The van der Waals surface area contributed by atoms with E-state index in [-0.39, 0.29) is 12.5 Å². The van der Waals surface area contributed by atoms with Gasteiger partial charge in [0.05, 0.1) is 18.1 Å². The van der Waals surface area contributed by atoms with Crippen LogP contribution in [0.2, 0.25) is 0 Å². The zero-order valence-corrected chi connectivity index (χ0v) is 13.6. The van der Waals surface area contributed by atoms with Gasteiger partial charge in [0, 0.05) is 17.5 Å². The number of carbonyl (C=O) groups is 1. The van der Waals surface area contributed by atoms with Gasteiger partial charge in [0.2, 0.25) is 0 Å². The summed E-state index contributed by atoms with van der Waals surface area (Å²) in [5.41, 5.74) is 2.36. The number of aliphatic hydroxyl groups excluding tert-OH is 1. The molecular weight excluding hydrogens is 308 g/mol. The number of carboxylic acid groups (broad SMARTS) is 1. The molecule has 1 fully saturated rings. The fourth-order valence-electron chi connectivity index (χ4n) is 2.93. The van der Waals surface area contributed by atoms with Crippen LogP contribution in [-0.2, 0) is 4.79 Å². The van der Waals surface area contributed by atoms with Gasteiger partial charge in [0.1, 0.15) is 11.5 Å². The predicted molar refractivity (Wildman–Crippen MR) is 88.5 cm³/mol. The lowest BCUT2D eigenvalue weighted by molar-refractivity contribution is -0.141. The van der Waals surface area contributed by atoms with Crippen LogP contribution in [0.5, 0.6) is 0 Å². The third-order valence-electron chi connectivity index (χ3n) is 4.48. The number of aliphatic carboxylic acids is 1. The molecule has 0 amide bonds. The normalized spacial score (nSPS) is 23.2. The van der Waals surface area contributed by atoms with E-state index in [4.69, 9.17) is 5.11 Å². The summed E-state index contributed by atoms with van der Waals surface area (Å²) < 4.78 is 0. The third kappa shape index (κ3) is 3.21. The molecule has 0 aliphatic heterocycles. The van der Waals surface area contributed by atoms with Crippen molar-refractivity contribution in [1.82, 2.24) is 15.0 Å². The molecule has 2 aromatic rings.